The summed E-state index contributed by atoms with van der Waals surface area (Å²) in [6, 6.07) is 8.71. The van der Waals surface area contributed by atoms with Crippen molar-refractivity contribution in [1.29, 1.82) is 0 Å². The van der Waals surface area contributed by atoms with Gasteiger partial charge in [0.25, 0.3) is 15.9 Å². The molecule has 0 bridgehead atoms. The molecule has 1 amide bonds. The summed E-state index contributed by atoms with van der Waals surface area (Å²) >= 11 is 0. The van der Waals surface area contributed by atoms with Crippen molar-refractivity contribution in [2.75, 3.05) is 36.6 Å². The summed E-state index contributed by atoms with van der Waals surface area (Å²) < 4.78 is 74.7. The zero-order valence-corrected chi connectivity index (χ0v) is 24.0. The fourth-order valence-corrected chi connectivity index (χ4v) is 5.49. The van der Waals surface area contributed by atoms with Crippen LogP contribution in [0, 0.1) is 5.41 Å². The van der Waals surface area contributed by atoms with Crippen molar-refractivity contribution in [3.05, 3.63) is 48.2 Å². The molecular formula is C26H31F3N8O4S. The van der Waals surface area contributed by atoms with Gasteiger partial charge in [0.1, 0.15) is 23.7 Å². The van der Waals surface area contributed by atoms with Gasteiger partial charge in [0.15, 0.2) is 10.8 Å². The predicted molar refractivity (Wildman–Crippen MR) is 147 cm³/mol. The van der Waals surface area contributed by atoms with E-state index in [4.69, 9.17) is 4.74 Å². The van der Waals surface area contributed by atoms with E-state index in [0.29, 0.717) is 25.6 Å². The van der Waals surface area contributed by atoms with Crippen LogP contribution in [0.2, 0.25) is 0 Å². The number of nitrogens with zero attached hydrogens (tertiary/aromatic N) is 5. The summed E-state index contributed by atoms with van der Waals surface area (Å²) in [6.07, 6.45) is -2.84. The fraction of sp³-hybridized carbons (Fsp3) is 0.462. The van der Waals surface area contributed by atoms with E-state index >= 15 is 0 Å². The lowest BCUT2D eigenvalue weighted by Gasteiger charge is -2.32. The molecule has 5 rings (SSSR count). The molecule has 226 valence electrons. The molecule has 0 radical (unpaired) electrons. The third-order valence-electron chi connectivity index (χ3n) is 7.25. The second-order valence-corrected chi connectivity index (χ2v) is 12.5. The van der Waals surface area contributed by atoms with Gasteiger partial charge in [-0.15, -0.1) is 5.10 Å². The quantitative estimate of drug-likeness (QED) is 0.314. The Morgan fingerprint density at radius 1 is 1.14 bits per heavy atom. The number of halogens is 3. The minimum absolute atomic E-state index is 0.00255. The van der Waals surface area contributed by atoms with Crippen LogP contribution in [0.3, 0.4) is 0 Å². The minimum atomic E-state index is -4.35. The Hall–Kier alpha value is -3.92. The molecule has 2 fully saturated rings. The van der Waals surface area contributed by atoms with Crippen molar-refractivity contribution in [2.24, 2.45) is 5.41 Å². The van der Waals surface area contributed by atoms with Crippen LogP contribution in [-0.2, 0) is 10.0 Å². The van der Waals surface area contributed by atoms with Gasteiger partial charge in [-0.05, 0) is 57.9 Å². The molecule has 3 N–H and O–H groups in total. The summed E-state index contributed by atoms with van der Waals surface area (Å²) in [7, 11) is -4.33. The normalized spacial score (nSPS) is 17.6. The van der Waals surface area contributed by atoms with E-state index in [1.165, 1.54) is 41.2 Å². The van der Waals surface area contributed by atoms with Crippen LogP contribution in [0.1, 0.15) is 44.0 Å². The number of pyridine rings is 2. The van der Waals surface area contributed by atoms with Crippen LogP contribution < -0.4 is 25.0 Å². The van der Waals surface area contributed by atoms with Crippen molar-refractivity contribution in [3.8, 4) is 11.7 Å². The average Bonchev–Trinajstić information content (AvgIpc) is 3.45. The number of anilines is 2. The van der Waals surface area contributed by atoms with Crippen LogP contribution >= 0.6 is 0 Å². The Morgan fingerprint density at radius 3 is 2.55 bits per heavy atom. The van der Waals surface area contributed by atoms with E-state index in [1.54, 1.807) is 6.07 Å². The van der Waals surface area contributed by atoms with E-state index in [1.807, 2.05) is 25.7 Å². The first-order chi connectivity index (χ1) is 19.7. The number of sulfonamides is 1. The molecule has 1 saturated heterocycles. The van der Waals surface area contributed by atoms with Crippen LogP contribution in [-0.4, -0.2) is 72.2 Å². The first-order valence-electron chi connectivity index (χ1n) is 13.3. The van der Waals surface area contributed by atoms with Crippen molar-refractivity contribution in [3.63, 3.8) is 0 Å². The summed E-state index contributed by atoms with van der Waals surface area (Å²) in [4.78, 5) is 23.9. The second kappa shape index (κ2) is 10.7. The number of alkyl halides is 3. The summed E-state index contributed by atoms with van der Waals surface area (Å²) in [5, 5.41) is 10.0. The topological polar surface area (TPSA) is 143 Å². The average molecular weight is 609 g/mol. The predicted octanol–water partition coefficient (Wildman–Crippen LogP) is 3.08. The van der Waals surface area contributed by atoms with Crippen LogP contribution in [0.25, 0.3) is 5.82 Å². The molecule has 42 heavy (non-hydrogen) atoms. The molecule has 1 aliphatic carbocycles. The van der Waals surface area contributed by atoms with E-state index in [0.717, 1.165) is 0 Å². The number of carbonyl (C=O) groups excluding carboxylic acids is 1. The molecule has 16 heteroatoms. The molecule has 0 unspecified atom stereocenters. The van der Waals surface area contributed by atoms with Crippen molar-refractivity contribution < 1.29 is 31.1 Å². The number of hydrogen-bond donors (Lipinski definition) is 3. The van der Waals surface area contributed by atoms with Gasteiger partial charge in [-0.2, -0.15) is 21.6 Å². The van der Waals surface area contributed by atoms with E-state index in [9.17, 15) is 26.4 Å². The van der Waals surface area contributed by atoms with E-state index < -0.39 is 39.7 Å². The van der Waals surface area contributed by atoms with Gasteiger partial charge >= 0.3 is 6.18 Å². The van der Waals surface area contributed by atoms with Crippen molar-refractivity contribution in [2.45, 2.75) is 50.4 Å². The molecule has 0 spiro atoms. The maximum atomic E-state index is 13.4. The molecule has 12 nitrogen and oxygen atoms in total. The highest BCUT2D eigenvalue weighted by Crippen LogP contribution is 2.57. The molecular weight excluding hydrogens is 577 g/mol. The molecule has 3 aromatic heterocycles. The Morgan fingerprint density at radius 2 is 1.90 bits per heavy atom. The van der Waals surface area contributed by atoms with Crippen LogP contribution in [0.4, 0.5) is 24.8 Å². The largest absolute Gasteiger partial charge is 0.476 e. The van der Waals surface area contributed by atoms with Gasteiger partial charge in [-0.25, -0.2) is 19.4 Å². The molecule has 1 aliphatic heterocycles. The Balaban J connectivity index is 1.42. The summed E-state index contributed by atoms with van der Waals surface area (Å²) in [6.45, 7) is 6.61. The van der Waals surface area contributed by atoms with Gasteiger partial charge in [0.2, 0.25) is 5.88 Å². The van der Waals surface area contributed by atoms with Crippen molar-refractivity contribution in [1.82, 2.24) is 29.8 Å². The van der Waals surface area contributed by atoms with Gasteiger partial charge in [0.05, 0.1) is 12.2 Å². The van der Waals surface area contributed by atoms with Gasteiger partial charge < -0.3 is 15.0 Å². The standard InChI is InChI=1S/C26H31F3N8O4S/c1-4-31-18-6-5-7-21(32-18)42(39,40)35-23(38)17-8-9-19(33-22(17)36-16-30-14-24(36,2)3)37-13-10-20(34-37)41-15-25(11-12-25)26(27,28)29/h5-10,13,30H,4,11-12,14-16H2,1-3H3,(H,31,32)(H,35,38). The lowest BCUT2D eigenvalue weighted by atomic mass is 10.0. The van der Waals surface area contributed by atoms with Crippen LogP contribution in [0.5, 0.6) is 5.88 Å². The Kier molecular flexibility index (Phi) is 7.55. The number of aromatic nitrogens is 4. The van der Waals surface area contributed by atoms with Crippen LogP contribution in [0.15, 0.2) is 47.6 Å². The first kappa shape index (κ1) is 29.6. The number of amides is 1. The summed E-state index contributed by atoms with van der Waals surface area (Å²) in [5.74, 6) is -0.126. The number of carbonyl (C=O) groups is 1. The molecule has 0 aromatic carbocycles. The van der Waals surface area contributed by atoms with Gasteiger partial charge in [-0.1, -0.05) is 6.07 Å². The molecule has 4 heterocycles. The molecule has 3 aromatic rings. The Bertz CT molecular complexity index is 1590. The second-order valence-electron chi connectivity index (χ2n) is 10.9. The van der Waals surface area contributed by atoms with E-state index in [2.05, 4.69) is 30.4 Å². The lowest BCUT2D eigenvalue weighted by molar-refractivity contribution is -0.194. The molecule has 2 aliphatic rings. The highest BCUT2D eigenvalue weighted by molar-refractivity contribution is 7.90. The van der Waals surface area contributed by atoms with Crippen molar-refractivity contribution >= 4 is 27.6 Å². The van der Waals surface area contributed by atoms with Gasteiger partial charge in [-0.3, -0.25) is 10.1 Å². The fourth-order valence-electron chi connectivity index (χ4n) is 4.55. The Labute approximate surface area is 240 Å². The number of ether oxygens (including phenoxy) is 1. The molecule has 1 saturated carbocycles. The third-order valence-corrected chi connectivity index (χ3v) is 8.49. The van der Waals surface area contributed by atoms with Gasteiger partial charge in [0, 0.05) is 30.9 Å². The zero-order chi connectivity index (χ0) is 30.3. The van der Waals surface area contributed by atoms with E-state index in [-0.39, 0.29) is 40.9 Å². The minimum Gasteiger partial charge on any atom is -0.476 e. The first-order valence-corrected chi connectivity index (χ1v) is 14.8. The third kappa shape index (κ3) is 5.86. The molecule has 0 atom stereocenters. The lowest BCUT2D eigenvalue weighted by Crippen LogP contribution is -2.42. The number of rotatable bonds is 10. The highest BCUT2D eigenvalue weighted by Gasteiger charge is 2.64. The zero-order valence-electron chi connectivity index (χ0n) is 23.2. The monoisotopic (exact) mass is 608 g/mol. The number of hydrogen-bond acceptors (Lipinski definition) is 10. The smallest absolute Gasteiger partial charge is 0.397 e. The maximum absolute atomic E-state index is 13.4. The maximum Gasteiger partial charge on any atom is 0.397 e. The summed E-state index contributed by atoms with van der Waals surface area (Å²) in [5.41, 5.74) is -2.34. The highest BCUT2D eigenvalue weighted by atomic mass is 32.2. The SMILES string of the molecule is CCNc1cccc(S(=O)(=O)NC(=O)c2ccc(-n3ccc(OCC4(C(F)(F)F)CC4)n3)nc2N2CNCC2(C)C)n1. The number of nitrogens with one attached hydrogen (secondary N) is 3.